The van der Waals surface area contributed by atoms with E-state index in [-0.39, 0.29) is 34.1 Å². The van der Waals surface area contributed by atoms with E-state index in [4.69, 9.17) is 34.8 Å². The van der Waals surface area contributed by atoms with Gasteiger partial charge in [-0.3, -0.25) is 4.57 Å². The van der Waals surface area contributed by atoms with Crippen LogP contribution in [0.25, 0.3) is 17.1 Å². The zero-order valence-electron chi connectivity index (χ0n) is 18.9. The molecule has 2 aromatic heterocycles. The Kier molecular flexibility index (Phi) is 7.67. The van der Waals surface area contributed by atoms with Crippen LogP contribution in [-0.2, 0) is 13.1 Å². The number of aliphatic hydroxyl groups is 2. The van der Waals surface area contributed by atoms with Gasteiger partial charge in [0.1, 0.15) is 12.6 Å². The summed E-state index contributed by atoms with van der Waals surface area (Å²) < 4.78 is 42.0. The van der Waals surface area contributed by atoms with E-state index in [0.717, 1.165) is 4.68 Å². The Balaban J connectivity index is 1.79. The predicted molar refractivity (Wildman–Crippen MR) is 130 cm³/mol. The molecular formula is C22H18Cl3F3N6O3. The van der Waals surface area contributed by atoms with Crippen molar-refractivity contribution in [3.05, 3.63) is 79.7 Å². The van der Waals surface area contributed by atoms with Gasteiger partial charge in [-0.2, -0.15) is 13.2 Å². The van der Waals surface area contributed by atoms with Crippen LogP contribution >= 0.6 is 34.8 Å². The van der Waals surface area contributed by atoms with Crippen molar-refractivity contribution < 1.29 is 23.4 Å². The zero-order chi connectivity index (χ0) is 27.1. The number of nitrogens with zero attached hydrogens (tertiary/aromatic N) is 6. The Morgan fingerprint density at radius 1 is 1.03 bits per heavy atom. The van der Waals surface area contributed by atoms with Crippen LogP contribution in [0.1, 0.15) is 24.7 Å². The first kappa shape index (κ1) is 27.1. The maximum absolute atomic E-state index is 13.1. The van der Waals surface area contributed by atoms with Crippen LogP contribution in [-0.4, -0.2) is 51.6 Å². The molecule has 0 fully saturated rings. The molecule has 1 unspecified atom stereocenters. The number of alkyl halides is 3. The van der Waals surface area contributed by atoms with Gasteiger partial charge in [-0.05, 0) is 43.3 Å². The van der Waals surface area contributed by atoms with Gasteiger partial charge in [0.15, 0.2) is 23.6 Å². The highest BCUT2D eigenvalue weighted by Crippen LogP contribution is 2.30. The van der Waals surface area contributed by atoms with Gasteiger partial charge in [0.25, 0.3) is 0 Å². The first-order valence-corrected chi connectivity index (χ1v) is 11.8. The van der Waals surface area contributed by atoms with Gasteiger partial charge >= 0.3 is 11.9 Å². The van der Waals surface area contributed by atoms with E-state index in [1.807, 2.05) is 0 Å². The summed E-state index contributed by atoms with van der Waals surface area (Å²) in [6.45, 7) is -0.000541. The average molecular weight is 578 g/mol. The Morgan fingerprint density at radius 3 is 2.32 bits per heavy atom. The number of hydrogen-bond donors (Lipinski definition) is 2. The van der Waals surface area contributed by atoms with Gasteiger partial charge in [-0.1, -0.05) is 40.9 Å². The fourth-order valence-corrected chi connectivity index (χ4v) is 3.97. The van der Waals surface area contributed by atoms with Crippen LogP contribution in [0.4, 0.5) is 13.2 Å². The minimum Gasteiger partial charge on any atom is -0.385 e. The maximum Gasteiger partial charge on any atom is 0.416 e. The van der Waals surface area contributed by atoms with Gasteiger partial charge in [0, 0.05) is 10.6 Å². The fourth-order valence-electron chi connectivity index (χ4n) is 3.47. The highest BCUT2D eigenvalue weighted by Gasteiger charge is 2.39. The molecule has 0 amide bonds. The summed E-state index contributed by atoms with van der Waals surface area (Å²) in [5.74, 6) is -0.0344. The maximum atomic E-state index is 13.1. The SMILES string of the molecule is CC(O)c1nc(Cn2nc(-c3ccc(Cl)cc3)n(C[C@H](O)C(F)(F)F)c2=O)nn1-c1cccc(Cl)c1Cl. The molecule has 9 nitrogen and oxygen atoms in total. The van der Waals surface area contributed by atoms with Crippen molar-refractivity contribution in [2.75, 3.05) is 0 Å². The molecule has 4 aromatic rings. The molecule has 0 saturated carbocycles. The Hall–Kier alpha value is -2.90. The molecular weight excluding hydrogens is 560 g/mol. The number of benzene rings is 2. The van der Waals surface area contributed by atoms with E-state index in [2.05, 4.69) is 15.2 Å². The standard InChI is InChI=1S/C22H18Cl3F3N6O3/c1-11(35)19-29-17(30-34(19)15-4-2-3-14(24)18(15)25)10-33-21(37)32(9-16(36)22(26,27)28)20(31-33)12-5-7-13(23)8-6-12/h2-8,11,16,35-36H,9-10H2,1H3/t11?,16-/m0/s1. The van der Waals surface area contributed by atoms with Crippen molar-refractivity contribution in [1.82, 2.24) is 29.1 Å². The van der Waals surface area contributed by atoms with E-state index >= 15 is 0 Å². The number of rotatable bonds is 7. The van der Waals surface area contributed by atoms with E-state index in [1.165, 1.54) is 35.9 Å². The second-order valence-electron chi connectivity index (χ2n) is 7.99. The van der Waals surface area contributed by atoms with Crippen molar-refractivity contribution in [3.8, 4) is 17.1 Å². The molecule has 37 heavy (non-hydrogen) atoms. The van der Waals surface area contributed by atoms with Gasteiger partial charge < -0.3 is 10.2 Å². The molecule has 2 aromatic carbocycles. The van der Waals surface area contributed by atoms with Gasteiger partial charge in [-0.15, -0.1) is 10.2 Å². The molecule has 4 rings (SSSR count). The second-order valence-corrected chi connectivity index (χ2v) is 9.21. The Labute approximate surface area is 222 Å². The molecule has 2 heterocycles. The highest BCUT2D eigenvalue weighted by atomic mass is 35.5. The molecule has 0 aliphatic heterocycles. The lowest BCUT2D eigenvalue weighted by molar-refractivity contribution is -0.207. The number of aromatic nitrogens is 6. The molecule has 0 saturated heterocycles. The van der Waals surface area contributed by atoms with Crippen LogP contribution in [0.5, 0.6) is 0 Å². The van der Waals surface area contributed by atoms with Gasteiger partial charge in [0.05, 0.1) is 22.3 Å². The summed E-state index contributed by atoms with van der Waals surface area (Å²) >= 11 is 18.3. The number of halogens is 6. The molecule has 15 heteroatoms. The molecule has 0 spiro atoms. The van der Waals surface area contributed by atoms with Crippen molar-refractivity contribution >= 4 is 34.8 Å². The van der Waals surface area contributed by atoms with Crippen LogP contribution in [0, 0.1) is 0 Å². The number of hydrogen-bond acceptors (Lipinski definition) is 6. The summed E-state index contributed by atoms with van der Waals surface area (Å²) in [6, 6.07) is 10.7. The first-order valence-electron chi connectivity index (χ1n) is 10.6. The average Bonchev–Trinajstić information content (AvgIpc) is 3.38. The molecule has 2 atom stereocenters. The quantitative estimate of drug-likeness (QED) is 0.339. The topological polar surface area (TPSA) is 111 Å². The van der Waals surface area contributed by atoms with Crippen molar-refractivity contribution in [3.63, 3.8) is 0 Å². The summed E-state index contributed by atoms with van der Waals surface area (Å²) in [5.41, 5.74) is -0.329. The smallest absolute Gasteiger partial charge is 0.385 e. The zero-order valence-corrected chi connectivity index (χ0v) is 21.1. The van der Waals surface area contributed by atoms with Crippen LogP contribution in [0.3, 0.4) is 0 Å². The predicted octanol–water partition coefficient (Wildman–Crippen LogP) is 4.28. The van der Waals surface area contributed by atoms with Crippen molar-refractivity contribution in [2.24, 2.45) is 0 Å². The Bertz CT molecular complexity index is 1480. The minimum absolute atomic E-state index is 0.0118. The second kappa shape index (κ2) is 10.5. The largest absolute Gasteiger partial charge is 0.416 e. The lowest BCUT2D eigenvalue weighted by Crippen LogP contribution is -2.37. The lowest BCUT2D eigenvalue weighted by Gasteiger charge is -2.15. The van der Waals surface area contributed by atoms with Crippen LogP contribution < -0.4 is 5.69 Å². The summed E-state index contributed by atoms with van der Waals surface area (Å²) in [5, 5.41) is 29.1. The van der Waals surface area contributed by atoms with E-state index in [0.29, 0.717) is 20.8 Å². The number of aliphatic hydroxyl groups excluding tert-OH is 2. The monoisotopic (exact) mass is 576 g/mol. The first-order chi connectivity index (χ1) is 17.4. The molecule has 0 radical (unpaired) electrons. The third kappa shape index (κ3) is 5.68. The summed E-state index contributed by atoms with van der Waals surface area (Å²) in [7, 11) is 0. The summed E-state index contributed by atoms with van der Waals surface area (Å²) in [4.78, 5) is 17.4. The molecule has 0 bridgehead atoms. The van der Waals surface area contributed by atoms with Gasteiger partial charge in [-0.25, -0.2) is 19.1 Å². The van der Waals surface area contributed by atoms with E-state index < -0.39 is 30.6 Å². The summed E-state index contributed by atoms with van der Waals surface area (Å²) in [6.07, 6.45) is -8.86. The van der Waals surface area contributed by atoms with E-state index in [1.54, 1.807) is 18.2 Å². The molecule has 0 aliphatic carbocycles. The van der Waals surface area contributed by atoms with Crippen molar-refractivity contribution in [2.45, 2.75) is 38.4 Å². The van der Waals surface area contributed by atoms with E-state index in [9.17, 15) is 28.2 Å². The van der Waals surface area contributed by atoms with Gasteiger partial charge in [0.2, 0.25) is 0 Å². The lowest BCUT2D eigenvalue weighted by atomic mass is 10.2. The fraction of sp³-hybridized carbons (Fsp3) is 0.273. The third-order valence-electron chi connectivity index (χ3n) is 5.26. The normalized spacial score (nSPS) is 13.6. The minimum atomic E-state index is -4.96. The third-order valence-corrected chi connectivity index (χ3v) is 6.32. The van der Waals surface area contributed by atoms with Crippen LogP contribution in [0.2, 0.25) is 15.1 Å². The highest BCUT2D eigenvalue weighted by molar-refractivity contribution is 6.43. The van der Waals surface area contributed by atoms with Crippen LogP contribution in [0.15, 0.2) is 47.3 Å². The molecule has 2 N–H and O–H groups in total. The molecule has 196 valence electrons. The molecule has 0 aliphatic rings. The van der Waals surface area contributed by atoms with Crippen molar-refractivity contribution in [1.29, 1.82) is 0 Å². The Morgan fingerprint density at radius 2 is 1.70 bits per heavy atom.